The van der Waals surface area contributed by atoms with Gasteiger partial charge in [-0.05, 0) is 37.1 Å². The predicted molar refractivity (Wildman–Crippen MR) is 78.4 cm³/mol. The van der Waals surface area contributed by atoms with Crippen LogP contribution in [0.3, 0.4) is 0 Å². The van der Waals surface area contributed by atoms with Gasteiger partial charge in [0.25, 0.3) is 0 Å². The first-order valence-corrected chi connectivity index (χ1v) is 7.52. The van der Waals surface area contributed by atoms with Crippen LogP contribution >= 0.6 is 0 Å². The Morgan fingerprint density at radius 2 is 2.05 bits per heavy atom. The van der Waals surface area contributed by atoms with Gasteiger partial charge in [-0.3, -0.25) is 0 Å². The molecule has 0 aliphatic carbocycles. The highest BCUT2D eigenvalue weighted by molar-refractivity contribution is 5.47. The third kappa shape index (κ3) is 2.90. The minimum atomic E-state index is -0.142. The maximum absolute atomic E-state index is 9.02. The van der Waals surface area contributed by atoms with Gasteiger partial charge in [-0.2, -0.15) is 5.26 Å². The molecular formula is C17H21NO3. The SMILES string of the molecule is Cc1cc(C#N)cc(C)c1OC1CCOC2(CCOC2)C1. The molecule has 0 N–H and O–H groups in total. The molecule has 21 heavy (non-hydrogen) atoms. The maximum Gasteiger partial charge on any atom is 0.125 e. The number of nitriles is 1. The van der Waals surface area contributed by atoms with E-state index in [4.69, 9.17) is 19.5 Å². The van der Waals surface area contributed by atoms with Crippen molar-refractivity contribution >= 4 is 0 Å². The van der Waals surface area contributed by atoms with Crippen molar-refractivity contribution in [3.63, 3.8) is 0 Å². The summed E-state index contributed by atoms with van der Waals surface area (Å²) in [6, 6.07) is 5.96. The van der Waals surface area contributed by atoms with E-state index >= 15 is 0 Å². The zero-order valence-corrected chi connectivity index (χ0v) is 12.6. The molecule has 4 heteroatoms. The van der Waals surface area contributed by atoms with Crippen molar-refractivity contribution in [3.05, 3.63) is 28.8 Å². The summed E-state index contributed by atoms with van der Waals surface area (Å²) in [5, 5.41) is 9.02. The van der Waals surface area contributed by atoms with Crippen LogP contribution in [0.5, 0.6) is 5.75 Å². The lowest BCUT2D eigenvalue weighted by Crippen LogP contribution is -2.44. The molecule has 112 valence electrons. The Morgan fingerprint density at radius 3 is 2.67 bits per heavy atom. The van der Waals surface area contributed by atoms with Gasteiger partial charge < -0.3 is 14.2 Å². The summed E-state index contributed by atoms with van der Waals surface area (Å²) in [6.07, 6.45) is 2.90. The van der Waals surface area contributed by atoms with Crippen LogP contribution in [0.1, 0.15) is 36.0 Å². The fourth-order valence-corrected chi connectivity index (χ4v) is 3.31. The van der Waals surface area contributed by atoms with Gasteiger partial charge in [-0.1, -0.05) is 0 Å². The maximum atomic E-state index is 9.02. The van der Waals surface area contributed by atoms with Crippen molar-refractivity contribution in [2.75, 3.05) is 19.8 Å². The first kappa shape index (κ1) is 14.4. The Kier molecular flexibility index (Phi) is 3.88. The van der Waals surface area contributed by atoms with Crippen LogP contribution in [0.4, 0.5) is 0 Å². The van der Waals surface area contributed by atoms with Gasteiger partial charge in [-0.25, -0.2) is 0 Å². The molecule has 2 heterocycles. The molecule has 1 spiro atoms. The van der Waals surface area contributed by atoms with Crippen LogP contribution in [-0.4, -0.2) is 31.5 Å². The molecule has 0 radical (unpaired) electrons. The standard InChI is InChI=1S/C17H21NO3/c1-12-7-14(10-18)8-13(2)16(12)21-15-3-5-20-17(9-15)4-6-19-11-17/h7-8,15H,3-6,9,11H2,1-2H3. The van der Waals surface area contributed by atoms with E-state index in [1.165, 1.54) is 0 Å². The highest BCUT2D eigenvalue weighted by Gasteiger charge is 2.42. The van der Waals surface area contributed by atoms with E-state index in [9.17, 15) is 0 Å². The first-order chi connectivity index (χ1) is 10.1. The number of hydrogen-bond acceptors (Lipinski definition) is 4. The highest BCUT2D eigenvalue weighted by Crippen LogP contribution is 2.36. The molecule has 2 atom stereocenters. The van der Waals surface area contributed by atoms with Crippen molar-refractivity contribution in [1.82, 2.24) is 0 Å². The fourth-order valence-electron chi connectivity index (χ4n) is 3.31. The lowest BCUT2D eigenvalue weighted by molar-refractivity contribution is -0.112. The Bertz CT molecular complexity index is 547. The summed E-state index contributed by atoms with van der Waals surface area (Å²) in [5.41, 5.74) is 2.59. The second-order valence-corrected chi connectivity index (χ2v) is 6.12. The molecule has 2 saturated heterocycles. The minimum Gasteiger partial charge on any atom is -0.490 e. The van der Waals surface area contributed by atoms with E-state index in [1.54, 1.807) is 0 Å². The molecule has 0 bridgehead atoms. The number of nitrogens with zero attached hydrogens (tertiary/aromatic N) is 1. The monoisotopic (exact) mass is 287 g/mol. The van der Waals surface area contributed by atoms with Crippen LogP contribution in [0.15, 0.2) is 12.1 Å². The zero-order chi connectivity index (χ0) is 14.9. The van der Waals surface area contributed by atoms with Gasteiger partial charge in [0.2, 0.25) is 0 Å². The van der Waals surface area contributed by atoms with Gasteiger partial charge >= 0.3 is 0 Å². The molecule has 0 amide bonds. The third-order valence-corrected chi connectivity index (χ3v) is 4.39. The van der Waals surface area contributed by atoms with Crippen LogP contribution in [0.2, 0.25) is 0 Å². The molecule has 2 aliphatic heterocycles. The van der Waals surface area contributed by atoms with Crippen LogP contribution in [0, 0.1) is 25.2 Å². The molecule has 0 saturated carbocycles. The topological polar surface area (TPSA) is 51.5 Å². The fraction of sp³-hybridized carbons (Fsp3) is 0.588. The normalized spacial score (nSPS) is 28.5. The van der Waals surface area contributed by atoms with Gasteiger partial charge in [0.1, 0.15) is 11.9 Å². The van der Waals surface area contributed by atoms with Crippen LogP contribution < -0.4 is 4.74 Å². The van der Waals surface area contributed by atoms with Crippen LogP contribution in [-0.2, 0) is 9.47 Å². The second-order valence-electron chi connectivity index (χ2n) is 6.12. The Hall–Kier alpha value is -1.57. The highest BCUT2D eigenvalue weighted by atomic mass is 16.6. The smallest absolute Gasteiger partial charge is 0.125 e. The van der Waals surface area contributed by atoms with E-state index in [-0.39, 0.29) is 11.7 Å². The Balaban J connectivity index is 1.76. The summed E-state index contributed by atoms with van der Waals surface area (Å²) in [7, 11) is 0. The Labute approximate surface area is 125 Å². The molecule has 2 aliphatic rings. The van der Waals surface area contributed by atoms with Crippen molar-refractivity contribution in [3.8, 4) is 11.8 Å². The van der Waals surface area contributed by atoms with Gasteiger partial charge in [-0.15, -0.1) is 0 Å². The largest absolute Gasteiger partial charge is 0.490 e. The van der Waals surface area contributed by atoms with Crippen molar-refractivity contribution < 1.29 is 14.2 Å². The summed E-state index contributed by atoms with van der Waals surface area (Å²) < 4.78 is 17.7. The molecule has 2 fully saturated rings. The second kappa shape index (κ2) is 5.67. The van der Waals surface area contributed by atoms with Crippen molar-refractivity contribution in [2.45, 2.75) is 44.8 Å². The summed E-state index contributed by atoms with van der Waals surface area (Å²) >= 11 is 0. The van der Waals surface area contributed by atoms with E-state index in [1.807, 2.05) is 26.0 Å². The average molecular weight is 287 g/mol. The third-order valence-electron chi connectivity index (χ3n) is 4.39. The number of rotatable bonds is 2. The zero-order valence-electron chi connectivity index (χ0n) is 12.6. The summed E-state index contributed by atoms with van der Waals surface area (Å²) in [6.45, 7) is 6.18. The number of benzene rings is 1. The lowest BCUT2D eigenvalue weighted by Gasteiger charge is -2.37. The molecule has 2 unspecified atom stereocenters. The van der Waals surface area contributed by atoms with E-state index in [0.717, 1.165) is 49.4 Å². The van der Waals surface area contributed by atoms with Crippen molar-refractivity contribution in [1.29, 1.82) is 5.26 Å². The van der Waals surface area contributed by atoms with Gasteiger partial charge in [0, 0.05) is 25.9 Å². The first-order valence-electron chi connectivity index (χ1n) is 7.52. The average Bonchev–Trinajstić information content (AvgIpc) is 2.90. The minimum absolute atomic E-state index is 0.142. The van der Waals surface area contributed by atoms with E-state index in [2.05, 4.69) is 6.07 Å². The number of aryl methyl sites for hydroxylation is 2. The Morgan fingerprint density at radius 1 is 1.29 bits per heavy atom. The number of ether oxygens (including phenoxy) is 3. The molecule has 4 nitrogen and oxygen atoms in total. The molecule has 0 aromatic heterocycles. The molecule has 3 rings (SSSR count). The van der Waals surface area contributed by atoms with E-state index < -0.39 is 0 Å². The lowest BCUT2D eigenvalue weighted by atomic mass is 9.91. The van der Waals surface area contributed by atoms with Crippen molar-refractivity contribution in [2.24, 2.45) is 0 Å². The molecule has 1 aromatic rings. The van der Waals surface area contributed by atoms with E-state index in [0.29, 0.717) is 12.2 Å². The van der Waals surface area contributed by atoms with Gasteiger partial charge in [0.15, 0.2) is 0 Å². The van der Waals surface area contributed by atoms with Crippen LogP contribution in [0.25, 0.3) is 0 Å². The quantitative estimate of drug-likeness (QED) is 0.839. The molecular weight excluding hydrogens is 266 g/mol. The predicted octanol–water partition coefficient (Wildman–Crippen LogP) is 2.89. The summed E-state index contributed by atoms with van der Waals surface area (Å²) in [5.74, 6) is 0.912. The van der Waals surface area contributed by atoms with Gasteiger partial charge in [0.05, 0.1) is 30.4 Å². The molecule has 1 aromatic carbocycles. The number of hydrogen-bond donors (Lipinski definition) is 0. The summed E-state index contributed by atoms with van der Waals surface area (Å²) in [4.78, 5) is 0.